The predicted molar refractivity (Wildman–Crippen MR) is 65.5 cm³/mol. The van der Waals surface area contributed by atoms with Crippen molar-refractivity contribution < 1.29 is 9.53 Å². The number of nitrogens with one attached hydrogen (secondary N) is 1. The van der Waals surface area contributed by atoms with Gasteiger partial charge in [0.05, 0.1) is 18.5 Å². The van der Waals surface area contributed by atoms with E-state index in [4.69, 9.17) is 10.5 Å². The molecule has 0 saturated heterocycles. The Hall–Kier alpha value is -1.71. The smallest absolute Gasteiger partial charge is 0.227 e. The maximum absolute atomic E-state index is 11.7. The van der Waals surface area contributed by atoms with Gasteiger partial charge in [0.1, 0.15) is 5.75 Å². The number of methoxy groups -OCH3 is 1. The fourth-order valence-electron chi connectivity index (χ4n) is 1.22. The highest BCUT2D eigenvalue weighted by Crippen LogP contribution is 2.24. The lowest BCUT2D eigenvalue weighted by molar-refractivity contribution is -0.119. The van der Waals surface area contributed by atoms with Crippen molar-refractivity contribution >= 4 is 17.3 Å². The van der Waals surface area contributed by atoms with Gasteiger partial charge in [0.25, 0.3) is 0 Å². The lowest BCUT2D eigenvalue weighted by atomic mass is 10.1. The number of rotatable bonds is 4. The van der Waals surface area contributed by atoms with Gasteiger partial charge in [-0.25, -0.2) is 0 Å². The molecule has 88 valence electrons. The van der Waals surface area contributed by atoms with Gasteiger partial charge in [-0.1, -0.05) is 13.8 Å². The molecule has 0 aliphatic carbocycles. The highest BCUT2D eigenvalue weighted by atomic mass is 16.5. The average molecular weight is 222 g/mol. The zero-order chi connectivity index (χ0) is 12.1. The third-order valence-corrected chi connectivity index (χ3v) is 2.58. The second-order valence-electron chi connectivity index (χ2n) is 3.75. The summed E-state index contributed by atoms with van der Waals surface area (Å²) in [6.45, 7) is 3.86. The summed E-state index contributed by atoms with van der Waals surface area (Å²) < 4.78 is 5.03. The molecule has 4 heteroatoms. The molecule has 0 radical (unpaired) electrons. The fraction of sp³-hybridized carbons (Fsp3) is 0.417. The Morgan fingerprint density at radius 2 is 2.25 bits per heavy atom. The Morgan fingerprint density at radius 3 is 2.75 bits per heavy atom. The van der Waals surface area contributed by atoms with E-state index >= 15 is 0 Å². The summed E-state index contributed by atoms with van der Waals surface area (Å²) >= 11 is 0. The third kappa shape index (κ3) is 2.89. The van der Waals surface area contributed by atoms with Crippen LogP contribution < -0.4 is 15.8 Å². The molecule has 1 aromatic carbocycles. The zero-order valence-electron chi connectivity index (χ0n) is 9.91. The molecule has 0 aliphatic heterocycles. The van der Waals surface area contributed by atoms with Crippen LogP contribution >= 0.6 is 0 Å². The SMILES string of the molecule is CC[C@H](C)C(=O)Nc1ccc(OC)cc1N. The van der Waals surface area contributed by atoms with Crippen LogP contribution in [0.1, 0.15) is 20.3 Å². The quantitative estimate of drug-likeness (QED) is 0.768. The fourth-order valence-corrected chi connectivity index (χ4v) is 1.22. The largest absolute Gasteiger partial charge is 0.497 e. The first-order chi connectivity index (χ1) is 7.58. The maximum Gasteiger partial charge on any atom is 0.227 e. The molecule has 16 heavy (non-hydrogen) atoms. The molecular weight excluding hydrogens is 204 g/mol. The number of nitrogen functional groups attached to an aromatic ring is 1. The van der Waals surface area contributed by atoms with Gasteiger partial charge < -0.3 is 15.8 Å². The molecule has 1 atom stereocenters. The monoisotopic (exact) mass is 222 g/mol. The third-order valence-electron chi connectivity index (χ3n) is 2.58. The number of ether oxygens (including phenoxy) is 1. The molecule has 0 aromatic heterocycles. The molecule has 1 aromatic rings. The molecule has 0 saturated carbocycles. The first-order valence-electron chi connectivity index (χ1n) is 5.32. The molecule has 0 heterocycles. The van der Waals surface area contributed by atoms with Crippen molar-refractivity contribution in [1.82, 2.24) is 0 Å². The molecule has 0 unspecified atom stereocenters. The van der Waals surface area contributed by atoms with Crippen LogP contribution in [-0.4, -0.2) is 13.0 Å². The van der Waals surface area contributed by atoms with Gasteiger partial charge in [0, 0.05) is 12.0 Å². The zero-order valence-corrected chi connectivity index (χ0v) is 9.91. The second kappa shape index (κ2) is 5.39. The Labute approximate surface area is 95.8 Å². The summed E-state index contributed by atoms with van der Waals surface area (Å²) in [6, 6.07) is 5.20. The van der Waals surface area contributed by atoms with Crippen LogP contribution in [0.4, 0.5) is 11.4 Å². The van der Waals surface area contributed by atoms with Crippen LogP contribution in [0.25, 0.3) is 0 Å². The minimum absolute atomic E-state index is 0.0125. The van der Waals surface area contributed by atoms with Crippen LogP contribution in [0, 0.1) is 5.92 Å². The minimum Gasteiger partial charge on any atom is -0.497 e. The average Bonchev–Trinajstić information content (AvgIpc) is 2.30. The minimum atomic E-state index is -0.0145. The Kier molecular flexibility index (Phi) is 4.17. The standard InChI is InChI=1S/C12H18N2O2/c1-4-8(2)12(15)14-11-6-5-9(16-3)7-10(11)13/h5-8H,4,13H2,1-3H3,(H,14,15)/t8-/m0/s1. The van der Waals surface area contributed by atoms with Gasteiger partial charge in [-0.3, -0.25) is 4.79 Å². The number of anilines is 2. The normalized spacial score (nSPS) is 11.9. The molecular formula is C12H18N2O2. The van der Waals surface area contributed by atoms with E-state index in [-0.39, 0.29) is 11.8 Å². The Morgan fingerprint density at radius 1 is 1.56 bits per heavy atom. The van der Waals surface area contributed by atoms with Crippen molar-refractivity contribution in [1.29, 1.82) is 0 Å². The lowest BCUT2D eigenvalue weighted by Gasteiger charge is -2.12. The van der Waals surface area contributed by atoms with Crippen LogP contribution in [0.15, 0.2) is 18.2 Å². The highest BCUT2D eigenvalue weighted by molar-refractivity contribution is 5.95. The summed E-state index contributed by atoms with van der Waals surface area (Å²) in [5.74, 6) is 0.653. The molecule has 1 rings (SSSR count). The molecule has 0 bridgehead atoms. The van der Waals surface area contributed by atoms with E-state index in [0.29, 0.717) is 17.1 Å². The van der Waals surface area contributed by atoms with Crippen molar-refractivity contribution in [2.45, 2.75) is 20.3 Å². The van der Waals surface area contributed by atoms with Crippen LogP contribution in [0.3, 0.4) is 0 Å². The highest BCUT2D eigenvalue weighted by Gasteiger charge is 2.12. The molecule has 4 nitrogen and oxygen atoms in total. The van der Waals surface area contributed by atoms with E-state index in [1.54, 1.807) is 25.3 Å². The second-order valence-corrected chi connectivity index (χ2v) is 3.75. The first-order valence-corrected chi connectivity index (χ1v) is 5.32. The van der Waals surface area contributed by atoms with Gasteiger partial charge in [0.2, 0.25) is 5.91 Å². The first kappa shape index (κ1) is 12.4. The lowest BCUT2D eigenvalue weighted by Crippen LogP contribution is -2.20. The van der Waals surface area contributed by atoms with E-state index in [0.717, 1.165) is 6.42 Å². The van der Waals surface area contributed by atoms with Crippen molar-refractivity contribution in [3.05, 3.63) is 18.2 Å². The number of hydrogen-bond donors (Lipinski definition) is 2. The van der Waals surface area contributed by atoms with E-state index in [9.17, 15) is 4.79 Å². The molecule has 0 aliphatic rings. The van der Waals surface area contributed by atoms with Crippen LogP contribution in [0.5, 0.6) is 5.75 Å². The Bertz CT molecular complexity index is 377. The van der Waals surface area contributed by atoms with Crippen LogP contribution in [-0.2, 0) is 4.79 Å². The van der Waals surface area contributed by atoms with E-state index in [1.807, 2.05) is 13.8 Å². The molecule has 3 N–H and O–H groups in total. The van der Waals surface area contributed by atoms with E-state index < -0.39 is 0 Å². The predicted octanol–water partition coefficient (Wildman–Crippen LogP) is 2.26. The topological polar surface area (TPSA) is 64.3 Å². The summed E-state index contributed by atoms with van der Waals surface area (Å²) in [5.41, 5.74) is 6.93. The van der Waals surface area contributed by atoms with Crippen LogP contribution in [0.2, 0.25) is 0 Å². The number of hydrogen-bond acceptors (Lipinski definition) is 3. The summed E-state index contributed by atoms with van der Waals surface area (Å²) in [7, 11) is 1.58. The number of amides is 1. The number of carbonyl (C=O) groups is 1. The number of benzene rings is 1. The number of nitrogens with two attached hydrogens (primary N) is 1. The van der Waals surface area contributed by atoms with Crippen molar-refractivity contribution in [3.63, 3.8) is 0 Å². The van der Waals surface area contributed by atoms with Gasteiger partial charge in [-0.2, -0.15) is 0 Å². The van der Waals surface area contributed by atoms with Gasteiger partial charge in [-0.15, -0.1) is 0 Å². The summed E-state index contributed by atoms with van der Waals surface area (Å²) in [5, 5.41) is 2.79. The van der Waals surface area contributed by atoms with Gasteiger partial charge in [-0.05, 0) is 18.6 Å². The van der Waals surface area contributed by atoms with Crippen molar-refractivity contribution in [2.75, 3.05) is 18.2 Å². The summed E-state index contributed by atoms with van der Waals surface area (Å²) in [6.07, 6.45) is 0.807. The van der Waals surface area contributed by atoms with Gasteiger partial charge >= 0.3 is 0 Å². The van der Waals surface area contributed by atoms with E-state index in [1.165, 1.54) is 0 Å². The number of carbonyl (C=O) groups excluding carboxylic acids is 1. The molecule has 1 amide bonds. The Balaban J connectivity index is 2.78. The van der Waals surface area contributed by atoms with Crippen molar-refractivity contribution in [2.24, 2.45) is 5.92 Å². The molecule has 0 fully saturated rings. The maximum atomic E-state index is 11.7. The molecule has 0 spiro atoms. The van der Waals surface area contributed by atoms with Gasteiger partial charge in [0.15, 0.2) is 0 Å². The van der Waals surface area contributed by atoms with Crippen molar-refractivity contribution in [3.8, 4) is 5.75 Å². The summed E-state index contributed by atoms with van der Waals surface area (Å²) in [4.78, 5) is 11.7. The van der Waals surface area contributed by atoms with E-state index in [2.05, 4.69) is 5.32 Å².